The van der Waals surface area contributed by atoms with Crippen LogP contribution >= 0.6 is 11.6 Å². The summed E-state index contributed by atoms with van der Waals surface area (Å²) in [6, 6.07) is 7.21. The number of rotatable bonds is 4. The molecule has 0 atom stereocenters. The van der Waals surface area contributed by atoms with Crippen molar-refractivity contribution < 1.29 is 9.84 Å². The van der Waals surface area contributed by atoms with Crippen molar-refractivity contribution in [2.75, 3.05) is 0 Å². The number of ether oxygens (including phenoxy) is 1. The number of halogens is 1. The SMILES string of the molecule is CC(C)c1c(Cl)ncnc1Oc1cccc(CO)c1. The monoisotopic (exact) mass is 278 g/mol. The minimum absolute atomic E-state index is 0.0290. The van der Waals surface area contributed by atoms with Gasteiger partial charge in [0.2, 0.25) is 5.88 Å². The lowest BCUT2D eigenvalue weighted by Crippen LogP contribution is -2.00. The van der Waals surface area contributed by atoms with Crippen LogP contribution in [-0.4, -0.2) is 15.1 Å². The van der Waals surface area contributed by atoms with E-state index in [-0.39, 0.29) is 12.5 Å². The van der Waals surface area contributed by atoms with Crippen LogP contribution in [0.2, 0.25) is 5.15 Å². The third-order valence-electron chi connectivity index (χ3n) is 2.67. The highest BCUT2D eigenvalue weighted by Crippen LogP contribution is 2.32. The van der Waals surface area contributed by atoms with Gasteiger partial charge < -0.3 is 9.84 Å². The highest BCUT2D eigenvalue weighted by Gasteiger charge is 2.15. The molecule has 0 radical (unpaired) electrons. The van der Waals surface area contributed by atoms with Crippen LogP contribution in [0.25, 0.3) is 0 Å². The van der Waals surface area contributed by atoms with Crippen molar-refractivity contribution in [2.24, 2.45) is 0 Å². The van der Waals surface area contributed by atoms with Crippen LogP contribution in [0.1, 0.15) is 30.9 Å². The summed E-state index contributed by atoms with van der Waals surface area (Å²) in [5, 5.41) is 9.51. The molecule has 0 aliphatic carbocycles. The molecule has 5 heteroatoms. The van der Waals surface area contributed by atoms with Gasteiger partial charge in [0.1, 0.15) is 17.2 Å². The molecule has 2 rings (SSSR count). The smallest absolute Gasteiger partial charge is 0.227 e. The predicted molar refractivity (Wildman–Crippen MR) is 73.6 cm³/mol. The Hall–Kier alpha value is -1.65. The molecule has 1 heterocycles. The number of aliphatic hydroxyl groups is 1. The fraction of sp³-hybridized carbons (Fsp3) is 0.286. The summed E-state index contributed by atoms with van der Waals surface area (Å²) in [5.41, 5.74) is 1.56. The van der Waals surface area contributed by atoms with Crippen LogP contribution in [0.4, 0.5) is 0 Å². The van der Waals surface area contributed by atoms with Crippen molar-refractivity contribution in [2.45, 2.75) is 26.4 Å². The van der Waals surface area contributed by atoms with Gasteiger partial charge in [-0.2, -0.15) is 0 Å². The molecule has 0 saturated heterocycles. The predicted octanol–water partition coefficient (Wildman–Crippen LogP) is 3.54. The molecule has 0 unspecified atom stereocenters. The Balaban J connectivity index is 2.35. The minimum Gasteiger partial charge on any atom is -0.439 e. The van der Waals surface area contributed by atoms with E-state index in [2.05, 4.69) is 9.97 Å². The van der Waals surface area contributed by atoms with Gasteiger partial charge in [0.25, 0.3) is 0 Å². The van der Waals surface area contributed by atoms with Gasteiger partial charge in [-0.15, -0.1) is 0 Å². The average molecular weight is 279 g/mol. The quantitative estimate of drug-likeness (QED) is 0.869. The number of benzene rings is 1. The summed E-state index contributed by atoms with van der Waals surface area (Å²) >= 11 is 6.08. The van der Waals surface area contributed by atoms with Crippen LogP contribution in [0.3, 0.4) is 0 Å². The number of hydrogen-bond donors (Lipinski definition) is 1. The Labute approximate surface area is 117 Å². The van der Waals surface area contributed by atoms with Gasteiger partial charge in [0, 0.05) is 0 Å². The van der Waals surface area contributed by atoms with Gasteiger partial charge in [-0.3, -0.25) is 0 Å². The van der Waals surface area contributed by atoms with Crippen molar-refractivity contribution in [3.63, 3.8) is 0 Å². The largest absolute Gasteiger partial charge is 0.439 e. The highest BCUT2D eigenvalue weighted by molar-refractivity contribution is 6.30. The second kappa shape index (κ2) is 5.99. The summed E-state index contributed by atoms with van der Waals surface area (Å²) < 4.78 is 5.75. The zero-order chi connectivity index (χ0) is 13.8. The molecule has 0 saturated carbocycles. The molecule has 19 heavy (non-hydrogen) atoms. The highest BCUT2D eigenvalue weighted by atomic mass is 35.5. The van der Waals surface area contributed by atoms with Crippen LogP contribution in [0.15, 0.2) is 30.6 Å². The Bertz CT molecular complexity index is 573. The summed E-state index contributed by atoms with van der Waals surface area (Å²) in [7, 11) is 0. The maximum Gasteiger partial charge on any atom is 0.227 e. The van der Waals surface area contributed by atoms with Gasteiger partial charge in [0.15, 0.2) is 0 Å². The fourth-order valence-electron chi connectivity index (χ4n) is 1.74. The molecule has 2 aromatic rings. The molecule has 0 aliphatic rings. The molecule has 0 aliphatic heterocycles. The van der Waals surface area contributed by atoms with Crippen LogP contribution in [-0.2, 0) is 6.61 Å². The van der Waals surface area contributed by atoms with Crippen molar-refractivity contribution in [1.82, 2.24) is 9.97 Å². The zero-order valence-electron chi connectivity index (χ0n) is 10.8. The molecular weight excluding hydrogens is 264 g/mol. The second-order valence-electron chi connectivity index (χ2n) is 4.45. The molecule has 0 amide bonds. The van der Waals surface area contributed by atoms with Crippen molar-refractivity contribution >= 4 is 11.6 Å². The molecule has 1 aromatic carbocycles. The Morgan fingerprint density at radius 3 is 2.79 bits per heavy atom. The van der Waals surface area contributed by atoms with E-state index in [1.165, 1.54) is 6.33 Å². The molecule has 1 aromatic heterocycles. The third kappa shape index (κ3) is 3.22. The van der Waals surface area contributed by atoms with E-state index < -0.39 is 0 Å². The lowest BCUT2D eigenvalue weighted by molar-refractivity contribution is 0.281. The lowest BCUT2D eigenvalue weighted by atomic mass is 10.1. The summed E-state index contributed by atoms with van der Waals surface area (Å²) in [6.07, 6.45) is 1.37. The number of aromatic nitrogens is 2. The topological polar surface area (TPSA) is 55.2 Å². The van der Waals surface area contributed by atoms with Gasteiger partial charge >= 0.3 is 0 Å². The summed E-state index contributed by atoms with van der Waals surface area (Å²) in [6.45, 7) is 3.97. The molecular formula is C14H15ClN2O2. The zero-order valence-corrected chi connectivity index (χ0v) is 11.6. The summed E-state index contributed by atoms with van der Waals surface area (Å²) in [4.78, 5) is 8.10. The molecule has 4 nitrogen and oxygen atoms in total. The fourth-order valence-corrected chi connectivity index (χ4v) is 2.09. The minimum atomic E-state index is -0.0290. The first-order valence-electron chi connectivity index (χ1n) is 6.00. The van der Waals surface area contributed by atoms with Crippen LogP contribution in [0.5, 0.6) is 11.6 Å². The van der Waals surface area contributed by atoms with Gasteiger partial charge in [-0.1, -0.05) is 37.6 Å². The first-order valence-corrected chi connectivity index (χ1v) is 6.37. The third-order valence-corrected chi connectivity index (χ3v) is 2.97. The van der Waals surface area contributed by atoms with E-state index >= 15 is 0 Å². The van der Waals surface area contributed by atoms with Gasteiger partial charge in [-0.05, 0) is 23.6 Å². The average Bonchev–Trinajstić information content (AvgIpc) is 2.38. The molecule has 1 N–H and O–H groups in total. The Morgan fingerprint density at radius 1 is 1.32 bits per heavy atom. The van der Waals surface area contributed by atoms with E-state index in [0.29, 0.717) is 16.8 Å². The van der Waals surface area contributed by atoms with E-state index in [4.69, 9.17) is 21.4 Å². The number of hydrogen-bond acceptors (Lipinski definition) is 4. The maximum absolute atomic E-state index is 9.11. The van der Waals surface area contributed by atoms with E-state index in [1.54, 1.807) is 12.1 Å². The lowest BCUT2D eigenvalue weighted by Gasteiger charge is -2.13. The number of nitrogens with zero attached hydrogens (tertiary/aromatic N) is 2. The normalized spacial score (nSPS) is 10.8. The van der Waals surface area contributed by atoms with Gasteiger partial charge in [0.05, 0.1) is 12.2 Å². The van der Waals surface area contributed by atoms with E-state index in [1.807, 2.05) is 26.0 Å². The standard InChI is InChI=1S/C14H15ClN2O2/c1-9(2)12-13(15)16-8-17-14(12)19-11-5-3-4-10(6-11)7-18/h3-6,8-9,18H,7H2,1-2H3. The molecule has 100 valence electrons. The molecule has 0 fully saturated rings. The Morgan fingerprint density at radius 2 is 2.11 bits per heavy atom. The molecule has 0 bridgehead atoms. The van der Waals surface area contributed by atoms with Crippen LogP contribution in [0, 0.1) is 0 Å². The van der Waals surface area contributed by atoms with E-state index in [0.717, 1.165) is 11.1 Å². The maximum atomic E-state index is 9.11. The van der Waals surface area contributed by atoms with Crippen molar-refractivity contribution in [3.8, 4) is 11.6 Å². The van der Waals surface area contributed by atoms with Crippen molar-refractivity contribution in [1.29, 1.82) is 0 Å². The first kappa shape index (κ1) is 13.8. The molecule has 0 spiro atoms. The second-order valence-corrected chi connectivity index (χ2v) is 4.80. The first-order chi connectivity index (χ1) is 9.11. The van der Waals surface area contributed by atoms with Crippen molar-refractivity contribution in [3.05, 3.63) is 46.9 Å². The number of aliphatic hydroxyl groups excluding tert-OH is 1. The van der Waals surface area contributed by atoms with Gasteiger partial charge in [-0.25, -0.2) is 9.97 Å². The van der Waals surface area contributed by atoms with E-state index in [9.17, 15) is 0 Å². The van der Waals surface area contributed by atoms with Crippen LogP contribution < -0.4 is 4.74 Å². The Kier molecular flexibility index (Phi) is 4.35. The summed E-state index contributed by atoms with van der Waals surface area (Å²) in [5.74, 6) is 1.22.